The number of unbranched alkanes of at least 4 members (excludes halogenated alkanes) is 14. The topological polar surface area (TPSA) is 127 Å². The van der Waals surface area contributed by atoms with Gasteiger partial charge in [-0.3, -0.25) is 0 Å². The zero-order valence-electron chi connectivity index (χ0n) is 18.7. The lowest BCUT2D eigenvalue weighted by atomic mass is 10.1. The molecule has 0 amide bonds. The fourth-order valence-electron chi connectivity index (χ4n) is 2.89. The standard InChI is InChI=1S/C20H43N.2HO3P/c1-3-5-7-9-11-13-15-17-19-21-20-18-16-14-12-10-8-6-4-2;2*1-4(2)3/h21H,3-20H2,1-2H3;2*(H-,1,2,3)/p+2. The summed E-state index contributed by atoms with van der Waals surface area (Å²) in [5.41, 5.74) is 0. The molecule has 0 fully saturated rings. The molecule has 0 radical (unpaired) electrons. The van der Waals surface area contributed by atoms with Gasteiger partial charge in [0.1, 0.15) is 0 Å². The van der Waals surface area contributed by atoms with Crippen LogP contribution in [0.3, 0.4) is 0 Å². The van der Waals surface area contributed by atoms with E-state index in [1.807, 2.05) is 0 Å². The summed E-state index contributed by atoms with van der Waals surface area (Å²) in [5.74, 6) is 0. The molecule has 0 spiro atoms. The zero-order valence-corrected chi connectivity index (χ0v) is 20.5. The molecule has 0 saturated carbocycles. The predicted molar refractivity (Wildman–Crippen MR) is 122 cm³/mol. The van der Waals surface area contributed by atoms with Gasteiger partial charge in [0, 0.05) is 9.13 Å². The molecule has 176 valence electrons. The Kier molecular flexibility index (Phi) is 37.9. The Morgan fingerprint density at radius 1 is 0.483 bits per heavy atom. The van der Waals surface area contributed by atoms with Gasteiger partial charge in [-0.15, -0.1) is 19.6 Å². The maximum Gasteiger partial charge on any atom is 0.692 e. The van der Waals surface area contributed by atoms with Crippen LogP contribution in [0.25, 0.3) is 0 Å². The Bertz CT molecular complexity index is 298. The van der Waals surface area contributed by atoms with E-state index in [9.17, 15) is 0 Å². The van der Waals surface area contributed by atoms with Crippen LogP contribution in [0.1, 0.15) is 117 Å². The lowest BCUT2D eigenvalue weighted by Gasteiger charge is -2.05. The number of hydrogen-bond acceptors (Lipinski definition) is 3. The van der Waals surface area contributed by atoms with E-state index in [2.05, 4.69) is 19.2 Å². The van der Waals surface area contributed by atoms with Crippen molar-refractivity contribution in [1.82, 2.24) is 5.32 Å². The van der Waals surface area contributed by atoms with Gasteiger partial charge in [0.05, 0.1) is 0 Å². The average molecular weight is 460 g/mol. The minimum atomic E-state index is -2.87. The zero-order chi connectivity index (χ0) is 22.6. The first-order chi connectivity index (χ1) is 13.9. The molecule has 5 N–H and O–H groups in total. The summed E-state index contributed by atoms with van der Waals surface area (Å²) in [5, 5.41) is 3.61. The van der Waals surface area contributed by atoms with Gasteiger partial charge in [-0.1, -0.05) is 104 Å². The largest absolute Gasteiger partial charge is 0.692 e. The van der Waals surface area contributed by atoms with Crippen molar-refractivity contribution in [2.45, 2.75) is 117 Å². The smallest absolute Gasteiger partial charge is 0.317 e. The van der Waals surface area contributed by atoms with Gasteiger partial charge in [-0.2, -0.15) is 0 Å². The summed E-state index contributed by atoms with van der Waals surface area (Å²) < 4.78 is 17.4. The van der Waals surface area contributed by atoms with E-state index in [-0.39, 0.29) is 0 Å². The maximum atomic E-state index is 8.70. The normalized spacial score (nSPS) is 9.86. The van der Waals surface area contributed by atoms with Crippen LogP contribution in [0.5, 0.6) is 0 Å². The molecule has 0 aromatic heterocycles. The molecule has 0 atom stereocenters. The van der Waals surface area contributed by atoms with Crippen molar-refractivity contribution >= 4 is 16.5 Å². The first-order valence-electron chi connectivity index (χ1n) is 11.3. The third-order valence-electron chi connectivity index (χ3n) is 4.41. The molecule has 0 aromatic carbocycles. The molecule has 0 aromatic rings. The quantitative estimate of drug-likeness (QED) is 0.123. The minimum Gasteiger partial charge on any atom is -0.317 e. The molecule has 0 heterocycles. The third-order valence-corrected chi connectivity index (χ3v) is 4.41. The molecule has 0 bridgehead atoms. The molecule has 0 unspecified atom stereocenters. The van der Waals surface area contributed by atoms with Crippen LogP contribution in [0.15, 0.2) is 0 Å². The average Bonchev–Trinajstić information content (AvgIpc) is 2.63. The second-order valence-electron chi connectivity index (χ2n) is 7.21. The fourth-order valence-corrected chi connectivity index (χ4v) is 2.89. The van der Waals surface area contributed by atoms with Crippen LogP contribution in [0.4, 0.5) is 0 Å². The highest BCUT2D eigenvalue weighted by Crippen LogP contribution is 2.09. The number of rotatable bonds is 18. The predicted octanol–water partition coefficient (Wildman–Crippen LogP) is 6.11. The summed E-state index contributed by atoms with van der Waals surface area (Å²) in [6, 6.07) is 0. The van der Waals surface area contributed by atoms with Crippen molar-refractivity contribution in [2.24, 2.45) is 0 Å². The molecule has 29 heavy (non-hydrogen) atoms. The summed E-state index contributed by atoms with van der Waals surface area (Å²) in [4.78, 5) is 28.5. The Hall–Kier alpha value is -0.0000000000000000416. The number of nitrogens with one attached hydrogen (secondary N) is 1. The highest BCUT2D eigenvalue weighted by atomic mass is 31.1. The summed E-state index contributed by atoms with van der Waals surface area (Å²) in [6.07, 6.45) is 22.8. The van der Waals surface area contributed by atoms with Gasteiger partial charge in [0.15, 0.2) is 0 Å². The van der Waals surface area contributed by atoms with Crippen LogP contribution >= 0.6 is 16.5 Å². The van der Waals surface area contributed by atoms with Crippen LogP contribution in [0.2, 0.25) is 0 Å². The molecule has 0 aliphatic heterocycles. The van der Waals surface area contributed by atoms with Crippen LogP contribution in [-0.4, -0.2) is 32.7 Å². The van der Waals surface area contributed by atoms with E-state index in [4.69, 9.17) is 28.7 Å². The van der Waals surface area contributed by atoms with Crippen molar-refractivity contribution in [1.29, 1.82) is 0 Å². The Morgan fingerprint density at radius 2 is 0.690 bits per heavy atom. The van der Waals surface area contributed by atoms with Gasteiger partial charge in [-0.05, 0) is 25.9 Å². The lowest BCUT2D eigenvalue weighted by molar-refractivity contribution is 0.403. The van der Waals surface area contributed by atoms with E-state index in [0.29, 0.717) is 0 Å². The van der Waals surface area contributed by atoms with E-state index < -0.39 is 16.5 Å². The van der Waals surface area contributed by atoms with Gasteiger partial charge in [-0.25, -0.2) is 0 Å². The second kappa shape index (κ2) is 32.7. The van der Waals surface area contributed by atoms with Crippen molar-refractivity contribution < 1.29 is 28.7 Å². The van der Waals surface area contributed by atoms with Gasteiger partial charge >= 0.3 is 16.5 Å². The highest BCUT2D eigenvalue weighted by Gasteiger charge is 1.94. The van der Waals surface area contributed by atoms with E-state index in [1.165, 1.54) is 116 Å². The first-order valence-corrected chi connectivity index (χ1v) is 13.6. The maximum absolute atomic E-state index is 8.70. The second-order valence-corrected chi connectivity index (χ2v) is 8.22. The molecular weight excluding hydrogens is 412 g/mol. The van der Waals surface area contributed by atoms with E-state index in [0.717, 1.165) is 0 Å². The van der Waals surface area contributed by atoms with E-state index in [1.54, 1.807) is 0 Å². The molecule has 9 heteroatoms. The SMILES string of the molecule is CCCCCCCCCCNCCCCCCCCCC.O=[P+](O)O.O=[P+](O)O. The van der Waals surface area contributed by atoms with Gasteiger partial charge < -0.3 is 5.32 Å². The van der Waals surface area contributed by atoms with Crippen LogP contribution in [-0.2, 0) is 9.13 Å². The van der Waals surface area contributed by atoms with Gasteiger partial charge in [0.25, 0.3) is 0 Å². The minimum absolute atomic E-state index is 1.24. The van der Waals surface area contributed by atoms with Crippen molar-refractivity contribution in [3.8, 4) is 0 Å². The molecule has 0 aliphatic carbocycles. The number of hydrogen-bond donors (Lipinski definition) is 5. The third kappa shape index (κ3) is 58.4. The molecular formula is C20H47NO6P2+2. The summed E-state index contributed by atoms with van der Waals surface area (Å²) >= 11 is 0. The van der Waals surface area contributed by atoms with Crippen molar-refractivity contribution in [3.63, 3.8) is 0 Å². The summed E-state index contributed by atoms with van der Waals surface area (Å²) in [7, 11) is -5.74. The molecule has 0 rings (SSSR count). The molecule has 7 nitrogen and oxygen atoms in total. The van der Waals surface area contributed by atoms with Crippen LogP contribution < -0.4 is 5.32 Å². The molecule has 0 saturated heterocycles. The first kappa shape index (κ1) is 33.6. The van der Waals surface area contributed by atoms with Crippen LogP contribution in [0, 0.1) is 0 Å². The lowest BCUT2D eigenvalue weighted by Crippen LogP contribution is -2.16. The van der Waals surface area contributed by atoms with E-state index >= 15 is 0 Å². The Balaban J connectivity index is -0.000000712. The fraction of sp³-hybridized carbons (Fsp3) is 1.00. The monoisotopic (exact) mass is 459 g/mol. The highest BCUT2D eigenvalue weighted by molar-refractivity contribution is 7.31. The van der Waals surface area contributed by atoms with Gasteiger partial charge in [0.2, 0.25) is 0 Å². The van der Waals surface area contributed by atoms with Crippen molar-refractivity contribution in [2.75, 3.05) is 13.1 Å². The molecule has 0 aliphatic rings. The Labute approximate surface area is 180 Å². The summed E-state index contributed by atoms with van der Waals surface area (Å²) in [6.45, 7) is 7.06. The Morgan fingerprint density at radius 3 is 0.931 bits per heavy atom. The van der Waals surface area contributed by atoms with Crippen molar-refractivity contribution in [3.05, 3.63) is 0 Å².